The second-order valence-corrected chi connectivity index (χ2v) is 7.59. The quantitative estimate of drug-likeness (QED) is 0.595. The average molecular weight is 499 g/mol. The molecule has 2 atom stereocenters. The summed E-state index contributed by atoms with van der Waals surface area (Å²) in [7, 11) is 0. The maximum Gasteiger partial charge on any atom is 0.460 e. The Bertz CT molecular complexity index is 1060. The Balaban J connectivity index is 2.13. The summed E-state index contributed by atoms with van der Waals surface area (Å²) in [5.41, 5.74) is -5.37. The first-order valence-corrected chi connectivity index (χ1v) is 9.46. The molecular weight excluding hydrogens is 485 g/mol. The van der Waals surface area contributed by atoms with Gasteiger partial charge < -0.3 is 10.2 Å². The number of carbonyl (C=O) groups excluding carboxylic acids is 1. The molecule has 1 amide bonds. The highest BCUT2D eigenvalue weighted by Crippen LogP contribution is 2.55. The van der Waals surface area contributed by atoms with E-state index in [4.69, 9.17) is 11.6 Å². The molecule has 1 aliphatic heterocycles. The van der Waals surface area contributed by atoms with Crippen LogP contribution in [0.3, 0.4) is 0 Å². The van der Waals surface area contributed by atoms with Crippen molar-refractivity contribution in [3.63, 3.8) is 0 Å². The SMILES string of the molecule is O=C([C@@H](O)c1ccccc1)N1N=C(c2ccc(Cl)cc2)C[C@]1(O)C(F)(F)C(F)(F)C(F)(F)F. The lowest BCUT2D eigenvalue weighted by Crippen LogP contribution is -2.69. The molecule has 2 aromatic carbocycles. The van der Waals surface area contributed by atoms with E-state index in [1.807, 2.05) is 0 Å². The Morgan fingerprint density at radius 3 is 2.06 bits per heavy atom. The van der Waals surface area contributed by atoms with E-state index in [1.54, 1.807) is 0 Å². The molecule has 0 spiro atoms. The van der Waals surface area contributed by atoms with Crippen molar-refractivity contribution in [3.8, 4) is 0 Å². The Morgan fingerprint density at radius 2 is 1.55 bits per heavy atom. The lowest BCUT2D eigenvalue weighted by molar-refractivity contribution is -0.401. The third-order valence-corrected chi connectivity index (χ3v) is 5.23. The fourth-order valence-electron chi connectivity index (χ4n) is 3.15. The first kappa shape index (κ1) is 24.9. The van der Waals surface area contributed by atoms with Gasteiger partial charge in [-0.25, -0.2) is 0 Å². The minimum absolute atomic E-state index is 0.0894. The molecule has 0 fully saturated rings. The van der Waals surface area contributed by atoms with Gasteiger partial charge in [0.1, 0.15) is 0 Å². The van der Waals surface area contributed by atoms with Crippen LogP contribution in [0.4, 0.5) is 30.7 Å². The van der Waals surface area contributed by atoms with Crippen molar-refractivity contribution in [3.05, 3.63) is 70.7 Å². The zero-order valence-electron chi connectivity index (χ0n) is 16.2. The van der Waals surface area contributed by atoms with Gasteiger partial charge in [-0.15, -0.1) is 0 Å². The van der Waals surface area contributed by atoms with E-state index in [0.717, 1.165) is 0 Å². The third-order valence-electron chi connectivity index (χ3n) is 4.97. The van der Waals surface area contributed by atoms with E-state index < -0.39 is 52.9 Å². The maximum atomic E-state index is 14.7. The van der Waals surface area contributed by atoms with Crippen LogP contribution in [0.25, 0.3) is 0 Å². The molecule has 0 saturated heterocycles. The smallest absolute Gasteiger partial charge is 0.378 e. The molecule has 5 nitrogen and oxygen atoms in total. The summed E-state index contributed by atoms with van der Waals surface area (Å²) in [4.78, 5) is 12.7. The van der Waals surface area contributed by atoms with Crippen molar-refractivity contribution in [2.24, 2.45) is 5.10 Å². The van der Waals surface area contributed by atoms with Crippen molar-refractivity contribution in [2.45, 2.75) is 36.3 Å². The number of hydrogen-bond acceptors (Lipinski definition) is 4. The summed E-state index contributed by atoms with van der Waals surface area (Å²) < 4.78 is 95.6. The molecule has 0 unspecified atom stereocenters. The maximum absolute atomic E-state index is 14.7. The van der Waals surface area contributed by atoms with Gasteiger partial charge in [-0.2, -0.15) is 40.8 Å². The molecule has 1 heterocycles. The standard InChI is InChI=1S/C20H14ClF7N2O3/c21-13-8-6-11(7-9-13)14-10-17(33,18(22,23)19(24,25)20(26,27)28)30(29-14)16(32)15(31)12-4-2-1-3-5-12/h1-9,15,31,33H,10H2/t15-,17-/m0/s1. The van der Waals surface area contributed by atoms with E-state index in [2.05, 4.69) is 5.10 Å². The summed E-state index contributed by atoms with van der Waals surface area (Å²) in [6.07, 6.45) is -10.7. The van der Waals surface area contributed by atoms with Gasteiger partial charge in [0.25, 0.3) is 5.91 Å². The second kappa shape index (κ2) is 8.26. The molecular formula is C20H14ClF7N2O3. The fraction of sp³-hybridized carbons (Fsp3) is 0.300. The van der Waals surface area contributed by atoms with Crippen LogP contribution < -0.4 is 0 Å². The monoisotopic (exact) mass is 498 g/mol. The predicted molar refractivity (Wildman–Crippen MR) is 102 cm³/mol. The highest BCUT2D eigenvalue weighted by molar-refractivity contribution is 6.30. The van der Waals surface area contributed by atoms with Gasteiger partial charge in [0.15, 0.2) is 6.10 Å². The Labute approximate surface area is 186 Å². The van der Waals surface area contributed by atoms with Gasteiger partial charge >= 0.3 is 18.0 Å². The number of amides is 1. The number of nitrogens with zero attached hydrogens (tertiary/aromatic N) is 2. The lowest BCUT2D eigenvalue weighted by atomic mass is 9.91. The van der Waals surface area contributed by atoms with Gasteiger partial charge in [-0.1, -0.05) is 54.1 Å². The van der Waals surface area contributed by atoms with Crippen LogP contribution in [0.1, 0.15) is 23.7 Å². The van der Waals surface area contributed by atoms with Crippen molar-refractivity contribution < 1.29 is 45.7 Å². The first-order chi connectivity index (χ1) is 15.1. The van der Waals surface area contributed by atoms with Crippen LogP contribution in [0.5, 0.6) is 0 Å². The van der Waals surface area contributed by atoms with Crippen molar-refractivity contribution in [1.29, 1.82) is 0 Å². The number of alkyl halides is 7. The third kappa shape index (κ3) is 4.06. The number of rotatable bonds is 5. The number of aliphatic hydroxyl groups is 2. The highest BCUT2D eigenvalue weighted by Gasteiger charge is 2.82. The van der Waals surface area contributed by atoms with Gasteiger partial charge in [0.2, 0.25) is 5.72 Å². The molecule has 3 rings (SSSR count). The Morgan fingerprint density at radius 1 is 1.00 bits per heavy atom. The molecule has 178 valence electrons. The number of aliphatic hydroxyl groups excluding tert-OH is 1. The van der Waals surface area contributed by atoms with Gasteiger partial charge in [-0.3, -0.25) is 4.79 Å². The number of halogens is 8. The zero-order valence-corrected chi connectivity index (χ0v) is 17.0. The average Bonchev–Trinajstić information content (AvgIpc) is 3.12. The van der Waals surface area contributed by atoms with E-state index in [9.17, 15) is 45.7 Å². The molecule has 33 heavy (non-hydrogen) atoms. The van der Waals surface area contributed by atoms with Crippen LogP contribution in [0, 0.1) is 0 Å². The summed E-state index contributed by atoms with van der Waals surface area (Å²) in [5.74, 6) is -14.9. The molecule has 2 aromatic rings. The van der Waals surface area contributed by atoms with Crippen LogP contribution in [-0.2, 0) is 4.79 Å². The molecule has 0 saturated carbocycles. The molecule has 0 radical (unpaired) electrons. The van der Waals surface area contributed by atoms with Crippen molar-refractivity contribution in [1.82, 2.24) is 5.01 Å². The highest BCUT2D eigenvalue weighted by atomic mass is 35.5. The van der Waals surface area contributed by atoms with E-state index in [0.29, 0.717) is 0 Å². The number of carbonyl (C=O) groups is 1. The summed E-state index contributed by atoms with van der Waals surface area (Å²) in [6.45, 7) is 0. The number of hydrazone groups is 1. The predicted octanol–water partition coefficient (Wildman–Crippen LogP) is 4.53. The summed E-state index contributed by atoms with van der Waals surface area (Å²) >= 11 is 5.71. The van der Waals surface area contributed by atoms with Crippen LogP contribution >= 0.6 is 11.6 Å². The molecule has 1 aliphatic rings. The Hall–Kier alpha value is -2.70. The van der Waals surface area contributed by atoms with Crippen molar-refractivity contribution >= 4 is 23.2 Å². The fourth-order valence-corrected chi connectivity index (χ4v) is 3.27. The number of hydrogen-bond donors (Lipinski definition) is 2. The molecule has 2 N–H and O–H groups in total. The summed E-state index contributed by atoms with van der Waals surface area (Å²) in [5, 5.41) is 23.8. The first-order valence-electron chi connectivity index (χ1n) is 9.09. The topological polar surface area (TPSA) is 73.1 Å². The van der Waals surface area contributed by atoms with E-state index in [1.165, 1.54) is 54.6 Å². The van der Waals surface area contributed by atoms with Gasteiger partial charge in [0, 0.05) is 11.4 Å². The van der Waals surface area contributed by atoms with E-state index in [-0.39, 0.29) is 16.1 Å². The largest absolute Gasteiger partial charge is 0.460 e. The summed E-state index contributed by atoms with van der Waals surface area (Å²) in [6, 6.07) is 11.3. The molecule has 0 bridgehead atoms. The molecule has 0 aliphatic carbocycles. The number of benzene rings is 2. The molecule has 13 heteroatoms. The van der Waals surface area contributed by atoms with Crippen molar-refractivity contribution in [2.75, 3.05) is 0 Å². The minimum atomic E-state index is -6.78. The van der Waals surface area contributed by atoms with Crippen LogP contribution in [-0.4, -0.2) is 50.6 Å². The zero-order chi connectivity index (χ0) is 24.8. The molecule has 0 aromatic heterocycles. The minimum Gasteiger partial charge on any atom is -0.378 e. The lowest BCUT2D eigenvalue weighted by Gasteiger charge is -2.41. The second-order valence-electron chi connectivity index (χ2n) is 7.16. The normalized spacial score (nSPS) is 20.5. The Kier molecular flexibility index (Phi) is 6.24. The van der Waals surface area contributed by atoms with Gasteiger partial charge in [0.05, 0.1) is 5.71 Å². The van der Waals surface area contributed by atoms with E-state index >= 15 is 0 Å². The van der Waals surface area contributed by atoms with Gasteiger partial charge in [-0.05, 0) is 23.3 Å². The van der Waals surface area contributed by atoms with Crippen LogP contribution in [0.2, 0.25) is 5.02 Å². The van der Waals surface area contributed by atoms with Crippen LogP contribution in [0.15, 0.2) is 59.7 Å².